The van der Waals surface area contributed by atoms with Crippen molar-refractivity contribution in [3.63, 3.8) is 0 Å². The van der Waals surface area contributed by atoms with Crippen molar-refractivity contribution >= 4 is 11.7 Å². The van der Waals surface area contributed by atoms with Crippen molar-refractivity contribution in [2.45, 2.75) is 6.61 Å². The SMILES string of the molecule is O=C(O)/C=C/CNc1ccc(OC(F)F)cc1. The molecule has 0 unspecified atom stereocenters. The van der Waals surface area contributed by atoms with Gasteiger partial charge in [0.2, 0.25) is 0 Å². The van der Waals surface area contributed by atoms with E-state index in [9.17, 15) is 13.6 Å². The smallest absolute Gasteiger partial charge is 0.387 e. The molecule has 1 aromatic carbocycles. The van der Waals surface area contributed by atoms with Crippen molar-refractivity contribution in [3.8, 4) is 5.75 Å². The van der Waals surface area contributed by atoms with E-state index in [0.29, 0.717) is 12.2 Å². The molecule has 2 N–H and O–H groups in total. The Balaban J connectivity index is 2.43. The highest BCUT2D eigenvalue weighted by atomic mass is 19.3. The third-order valence-corrected chi connectivity index (χ3v) is 1.76. The molecule has 0 spiro atoms. The van der Waals surface area contributed by atoms with Crippen LogP contribution in [-0.4, -0.2) is 24.2 Å². The van der Waals surface area contributed by atoms with Gasteiger partial charge >= 0.3 is 12.6 Å². The number of carboxylic acids is 1. The standard InChI is InChI=1S/C11H11F2NO3/c12-11(13)17-9-5-3-8(4-6-9)14-7-1-2-10(15)16/h1-6,11,14H,7H2,(H,15,16)/b2-1+. The van der Waals surface area contributed by atoms with E-state index in [-0.39, 0.29) is 5.75 Å². The zero-order valence-corrected chi connectivity index (χ0v) is 8.77. The van der Waals surface area contributed by atoms with Crippen LogP contribution in [0.1, 0.15) is 0 Å². The Labute approximate surface area is 96.5 Å². The van der Waals surface area contributed by atoms with Gasteiger partial charge in [-0.1, -0.05) is 6.08 Å². The van der Waals surface area contributed by atoms with Crippen LogP contribution < -0.4 is 10.1 Å². The molecule has 4 nitrogen and oxygen atoms in total. The molecule has 1 aromatic rings. The molecule has 0 aliphatic carbocycles. The molecule has 0 atom stereocenters. The Hall–Kier alpha value is -2.11. The molecule has 0 aromatic heterocycles. The van der Waals surface area contributed by atoms with Crippen molar-refractivity contribution in [2.75, 3.05) is 11.9 Å². The van der Waals surface area contributed by atoms with Gasteiger partial charge in [-0.2, -0.15) is 8.78 Å². The monoisotopic (exact) mass is 243 g/mol. The highest BCUT2D eigenvalue weighted by Crippen LogP contribution is 2.17. The van der Waals surface area contributed by atoms with Crippen LogP contribution >= 0.6 is 0 Å². The van der Waals surface area contributed by atoms with Gasteiger partial charge in [0.05, 0.1) is 0 Å². The van der Waals surface area contributed by atoms with E-state index in [1.54, 1.807) is 12.1 Å². The van der Waals surface area contributed by atoms with Gasteiger partial charge in [0.25, 0.3) is 0 Å². The van der Waals surface area contributed by atoms with Gasteiger partial charge < -0.3 is 15.2 Å². The van der Waals surface area contributed by atoms with Gasteiger partial charge in [0, 0.05) is 18.3 Å². The molecular weight excluding hydrogens is 232 g/mol. The second-order valence-corrected chi connectivity index (χ2v) is 3.02. The van der Waals surface area contributed by atoms with Gasteiger partial charge in [-0.3, -0.25) is 0 Å². The highest BCUT2D eigenvalue weighted by Gasteiger charge is 2.02. The minimum atomic E-state index is -2.84. The van der Waals surface area contributed by atoms with Crippen LogP contribution in [0.5, 0.6) is 5.75 Å². The number of anilines is 1. The predicted molar refractivity (Wildman–Crippen MR) is 58.3 cm³/mol. The normalized spacial score (nSPS) is 10.8. The Morgan fingerprint density at radius 3 is 2.59 bits per heavy atom. The van der Waals surface area contributed by atoms with E-state index < -0.39 is 12.6 Å². The number of carboxylic acid groups (broad SMARTS) is 1. The molecule has 0 saturated carbocycles. The number of nitrogens with one attached hydrogen (secondary N) is 1. The van der Waals surface area contributed by atoms with E-state index in [1.165, 1.54) is 18.2 Å². The van der Waals surface area contributed by atoms with E-state index in [4.69, 9.17) is 5.11 Å². The average molecular weight is 243 g/mol. The molecule has 0 radical (unpaired) electrons. The van der Waals surface area contributed by atoms with Gasteiger partial charge in [-0.05, 0) is 24.3 Å². The van der Waals surface area contributed by atoms with Crippen LogP contribution in [0.3, 0.4) is 0 Å². The summed E-state index contributed by atoms with van der Waals surface area (Å²) in [7, 11) is 0. The molecule has 0 fully saturated rings. The summed E-state index contributed by atoms with van der Waals surface area (Å²) in [5.41, 5.74) is 0.682. The molecule has 1 rings (SSSR count). The van der Waals surface area contributed by atoms with Crippen LogP contribution in [-0.2, 0) is 4.79 Å². The number of ether oxygens (including phenoxy) is 1. The summed E-state index contributed by atoms with van der Waals surface area (Å²) < 4.78 is 27.9. The molecule has 0 aliphatic rings. The molecule has 0 amide bonds. The van der Waals surface area contributed by atoms with Gasteiger partial charge in [-0.25, -0.2) is 4.79 Å². The summed E-state index contributed by atoms with van der Waals surface area (Å²) >= 11 is 0. The Bertz CT molecular complexity index is 390. The minimum absolute atomic E-state index is 0.0756. The number of hydrogen-bond acceptors (Lipinski definition) is 3. The third kappa shape index (κ3) is 5.50. The summed E-state index contributed by atoms with van der Waals surface area (Å²) in [5.74, 6) is -0.945. The quantitative estimate of drug-likeness (QED) is 0.753. The fourth-order valence-corrected chi connectivity index (χ4v) is 1.09. The molecule has 0 aliphatic heterocycles. The second-order valence-electron chi connectivity index (χ2n) is 3.02. The summed E-state index contributed by atoms with van der Waals surface area (Å²) in [4.78, 5) is 10.2. The Morgan fingerprint density at radius 1 is 1.41 bits per heavy atom. The van der Waals surface area contributed by atoms with E-state index in [1.807, 2.05) is 0 Å². The Kier molecular flexibility index (Phi) is 4.93. The lowest BCUT2D eigenvalue weighted by Crippen LogP contribution is -2.02. The maximum atomic E-state index is 11.8. The summed E-state index contributed by atoms with van der Waals surface area (Å²) in [6.07, 6.45) is 2.45. The first kappa shape index (κ1) is 13.0. The van der Waals surface area contributed by atoms with Crippen molar-refractivity contribution in [2.24, 2.45) is 0 Å². The van der Waals surface area contributed by atoms with Crippen LogP contribution in [0.15, 0.2) is 36.4 Å². The molecular formula is C11H11F2NO3. The number of alkyl halides is 2. The lowest BCUT2D eigenvalue weighted by atomic mass is 10.3. The molecule has 0 bridgehead atoms. The summed E-state index contributed by atoms with van der Waals surface area (Å²) in [6.45, 7) is -2.51. The molecule has 92 valence electrons. The van der Waals surface area contributed by atoms with Crippen LogP contribution in [0.2, 0.25) is 0 Å². The lowest BCUT2D eigenvalue weighted by Gasteiger charge is -2.06. The largest absolute Gasteiger partial charge is 0.478 e. The zero-order valence-electron chi connectivity index (χ0n) is 8.77. The number of aliphatic carboxylic acids is 1. The number of halogens is 2. The topological polar surface area (TPSA) is 58.6 Å². The maximum absolute atomic E-state index is 11.8. The molecule has 6 heteroatoms. The highest BCUT2D eigenvalue weighted by molar-refractivity contribution is 5.79. The first-order valence-electron chi connectivity index (χ1n) is 4.76. The van der Waals surface area contributed by atoms with E-state index in [0.717, 1.165) is 6.08 Å². The van der Waals surface area contributed by atoms with Crippen molar-refractivity contribution in [1.29, 1.82) is 0 Å². The van der Waals surface area contributed by atoms with E-state index >= 15 is 0 Å². The lowest BCUT2D eigenvalue weighted by molar-refractivity contribution is -0.131. The Morgan fingerprint density at radius 2 is 2.06 bits per heavy atom. The first-order chi connectivity index (χ1) is 8.08. The minimum Gasteiger partial charge on any atom is -0.478 e. The van der Waals surface area contributed by atoms with Crippen LogP contribution in [0, 0.1) is 0 Å². The molecule has 17 heavy (non-hydrogen) atoms. The molecule has 0 heterocycles. The maximum Gasteiger partial charge on any atom is 0.387 e. The second kappa shape index (κ2) is 6.47. The third-order valence-electron chi connectivity index (χ3n) is 1.76. The van der Waals surface area contributed by atoms with Crippen molar-refractivity contribution < 1.29 is 23.4 Å². The number of rotatable bonds is 6. The van der Waals surface area contributed by atoms with Gasteiger partial charge in [-0.15, -0.1) is 0 Å². The van der Waals surface area contributed by atoms with Crippen molar-refractivity contribution in [1.82, 2.24) is 0 Å². The fraction of sp³-hybridized carbons (Fsp3) is 0.182. The first-order valence-corrected chi connectivity index (χ1v) is 4.76. The predicted octanol–water partition coefficient (Wildman–Crippen LogP) is 2.34. The fourth-order valence-electron chi connectivity index (χ4n) is 1.09. The number of hydrogen-bond donors (Lipinski definition) is 2. The van der Waals surface area contributed by atoms with Gasteiger partial charge in [0.1, 0.15) is 5.75 Å². The number of benzene rings is 1. The van der Waals surface area contributed by atoms with Crippen LogP contribution in [0.25, 0.3) is 0 Å². The number of carbonyl (C=O) groups is 1. The zero-order chi connectivity index (χ0) is 12.7. The van der Waals surface area contributed by atoms with Gasteiger partial charge in [0.15, 0.2) is 0 Å². The van der Waals surface area contributed by atoms with E-state index in [2.05, 4.69) is 10.1 Å². The van der Waals surface area contributed by atoms with Crippen molar-refractivity contribution in [3.05, 3.63) is 36.4 Å². The average Bonchev–Trinajstić information content (AvgIpc) is 2.25. The molecule has 0 saturated heterocycles. The summed E-state index contributed by atoms with van der Waals surface area (Å²) in [5, 5.41) is 11.2. The van der Waals surface area contributed by atoms with Crippen LogP contribution in [0.4, 0.5) is 14.5 Å². The summed E-state index contributed by atoms with van der Waals surface area (Å²) in [6, 6.07) is 5.92.